The lowest BCUT2D eigenvalue weighted by Crippen LogP contribution is -1.92. The molecule has 0 bridgehead atoms. The van der Waals surface area contributed by atoms with Gasteiger partial charge in [0.15, 0.2) is 0 Å². The van der Waals surface area contributed by atoms with Gasteiger partial charge in [0.05, 0.1) is 11.1 Å². The molecule has 0 saturated heterocycles. The molecule has 4 rings (SSSR count). The predicted molar refractivity (Wildman–Crippen MR) is 92.4 cm³/mol. The van der Waals surface area contributed by atoms with Crippen LogP contribution in [0, 0.1) is 25.2 Å². The number of benzene rings is 1. The zero-order chi connectivity index (χ0) is 15.3. The van der Waals surface area contributed by atoms with Gasteiger partial charge in [-0.25, -0.2) is 0 Å². The van der Waals surface area contributed by atoms with Crippen LogP contribution in [0.25, 0.3) is 26.7 Å². The van der Waals surface area contributed by atoms with Crippen LogP contribution in [0.1, 0.15) is 16.8 Å². The average molecular weight is 302 g/mol. The molecule has 0 aliphatic heterocycles. The van der Waals surface area contributed by atoms with Crippen LogP contribution in [0.4, 0.5) is 0 Å². The molecule has 0 radical (unpaired) electrons. The maximum absolute atomic E-state index is 9.46. The number of nitrogens with zero attached hydrogens (tertiary/aromatic N) is 2. The van der Waals surface area contributed by atoms with Crippen LogP contribution < -0.4 is 0 Å². The van der Waals surface area contributed by atoms with Gasteiger partial charge in [-0.1, -0.05) is 29.8 Å². The van der Waals surface area contributed by atoms with Crippen molar-refractivity contribution in [1.29, 1.82) is 5.26 Å². The van der Waals surface area contributed by atoms with Crippen molar-refractivity contribution in [3.05, 3.63) is 64.8 Å². The van der Waals surface area contributed by atoms with Crippen molar-refractivity contribution in [2.45, 2.75) is 13.8 Å². The lowest BCUT2D eigenvalue weighted by Gasteiger charge is -2.10. The van der Waals surface area contributed by atoms with E-state index in [0.29, 0.717) is 0 Å². The zero-order valence-electron chi connectivity index (χ0n) is 12.4. The van der Waals surface area contributed by atoms with E-state index in [0.717, 1.165) is 22.2 Å². The number of hydrogen-bond acceptors (Lipinski definition) is 2. The van der Waals surface area contributed by atoms with Gasteiger partial charge in [-0.3, -0.25) is 0 Å². The molecule has 0 fully saturated rings. The van der Waals surface area contributed by atoms with Gasteiger partial charge in [0.1, 0.15) is 6.07 Å². The smallest absolute Gasteiger partial charge is 0.101 e. The molecule has 0 spiro atoms. The second-order valence-corrected chi connectivity index (χ2v) is 6.55. The number of aryl methyl sites for hydroxylation is 2. The molecule has 3 heterocycles. The molecule has 22 heavy (non-hydrogen) atoms. The van der Waals surface area contributed by atoms with Gasteiger partial charge in [-0.2, -0.15) is 5.26 Å². The lowest BCUT2D eigenvalue weighted by atomic mass is 10.0. The van der Waals surface area contributed by atoms with Crippen LogP contribution >= 0.6 is 11.3 Å². The van der Waals surface area contributed by atoms with Gasteiger partial charge in [-0.15, -0.1) is 11.3 Å². The summed E-state index contributed by atoms with van der Waals surface area (Å²) in [5.74, 6) is 0. The summed E-state index contributed by atoms with van der Waals surface area (Å²) in [7, 11) is 0. The van der Waals surface area contributed by atoms with Crippen LogP contribution in [-0.2, 0) is 0 Å². The third-order valence-electron chi connectivity index (χ3n) is 4.11. The first-order valence-corrected chi connectivity index (χ1v) is 8.06. The van der Waals surface area contributed by atoms with E-state index in [9.17, 15) is 5.26 Å². The summed E-state index contributed by atoms with van der Waals surface area (Å²) in [6, 6.07) is 15.0. The minimum absolute atomic E-state index is 0.740. The Morgan fingerprint density at radius 1 is 1.09 bits per heavy atom. The Morgan fingerprint density at radius 2 is 1.95 bits per heavy atom. The Hall–Kier alpha value is -2.57. The van der Waals surface area contributed by atoms with E-state index in [1.165, 1.54) is 21.4 Å². The normalized spacial score (nSPS) is 11.1. The van der Waals surface area contributed by atoms with Crippen molar-refractivity contribution < 1.29 is 0 Å². The van der Waals surface area contributed by atoms with Crippen LogP contribution in [0.15, 0.2) is 48.0 Å². The molecular weight excluding hydrogens is 288 g/mol. The number of aromatic nitrogens is 1. The summed E-state index contributed by atoms with van der Waals surface area (Å²) in [6.45, 7) is 4.16. The molecule has 4 aromatic rings. The van der Waals surface area contributed by atoms with E-state index >= 15 is 0 Å². The Kier molecular flexibility index (Phi) is 2.82. The fourth-order valence-electron chi connectivity index (χ4n) is 3.09. The Labute approximate surface area is 132 Å². The monoisotopic (exact) mass is 302 g/mol. The van der Waals surface area contributed by atoms with Crippen molar-refractivity contribution in [2.75, 3.05) is 0 Å². The first-order chi connectivity index (χ1) is 10.7. The Bertz CT molecular complexity index is 1050. The fourth-order valence-corrected chi connectivity index (χ4v) is 3.84. The molecular formula is C19H14N2S. The largest absolute Gasteiger partial charge is 0.319 e. The minimum Gasteiger partial charge on any atom is -0.319 e. The molecule has 0 atom stereocenters. The summed E-state index contributed by atoms with van der Waals surface area (Å²) in [6.07, 6.45) is 2.17. The van der Waals surface area contributed by atoms with E-state index in [2.05, 4.69) is 59.3 Å². The molecule has 3 aromatic heterocycles. The summed E-state index contributed by atoms with van der Waals surface area (Å²) in [4.78, 5) is 1.25. The topological polar surface area (TPSA) is 28.2 Å². The quantitative estimate of drug-likeness (QED) is 0.468. The van der Waals surface area contributed by atoms with Gasteiger partial charge in [0.2, 0.25) is 0 Å². The number of thiophene rings is 1. The molecule has 0 N–H and O–H groups in total. The van der Waals surface area contributed by atoms with Crippen molar-refractivity contribution in [3.63, 3.8) is 0 Å². The molecule has 106 valence electrons. The van der Waals surface area contributed by atoms with Gasteiger partial charge in [-0.05, 0) is 36.7 Å². The van der Waals surface area contributed by atoms with Gasteiger partial charge >= 0.3 is 0 Å². The van der Waals surface area contributed by atoms with Crippen LogP contribution in [-0.4, -0.2) is 4.40 Å². The third kappa shape index (κ3) is 1.78. The molecule has 0 unspecified atom stereocenters. The van der Waals surface area contributed by atoms with Crippen molar-refractivity contribution in [2.24, 2.45) is 0 Å². The summed E-state index contributed by atoms with van der Waals surface area (Å²) in [5.41, 5.74) is 5.30. The summed E-state index contributed by atoms with van der Waals surface area (Å²) in [5, 5.41) is 13.9. The molecule has 0 aliphatic carbocycles. The van der Waals surface area contributed by atoms with Gasteiger partial charge in [0, 0.05) is 27.7 Å². The first-order valence-electron chi connectivity index (χ1n) is 7.18. The zero-order valence-corrected chi connectivity index (χ0v) is 13.2. The van der Waals surface area contributed by atoms with E-state index in [-0.39, 0.29) is 0 Å². The van der Waals surface area contributed by atoms with Crippen LogP contribution in [0.5, 0.6) is 0 Å². The van der Waals surface area contributed by atoms with E-state index < -0.39 is 0 Å². The summed E-state index contributed by atoms with van der Waals surface area (Å²) >= 11 is 1.75. The van der Waals surface area contributed by atoms with Crippen LogP contribution in [0.2, 0.25) is 0 Å². The number of hydrogen-bond donors (Lipinski definition) is 0. The van der Waals surface area contributed by atoms with E-state index in [4.69, 9.17) is 0 Å². The molecule has 0 aliphatic rings. The van der Waals surface area contributed by atoms with Gasteiger partial charge in [0.25, 0.3) is 0 Å². The number of pyridine rings is 1. The Balaban J connectivity index is 2.27. The molecule has 0 saturated carbocycles. The highest BCUT2D eigenvalue weighted by Gasteiger charge is 2.14. The molecule has 0 amide bonds. The first kappa shape index (κ1) is 13.1. The number of fused-ring (bicyclic) bond motifs is 3. The fraction of sp³-hybridized carbons (Fsp3) is 0.105. The van der Waals surface area contributed by atoms with E-state index in [1.54, 1.807) is 11.3 Å². The highest BCUT2D eigenvalue weighted by Crippen LogP contribution is 2.36. The molecule has 3 heteroatoms. The predicted octanol–water partition coefficient (Wildman–Crippen LogP) is 5.31. The maximum atomic E-state index is 9.46. The van der Waals surface area contributed by atoms with E-state index in [1.807, 2.05) is 13.0 Å². The SMILES string of the molecule is Cc1ccc2c(c1)c(-c1cccs1)cn1c(C)cc(C#N)c21. The molecule has 1 aromatic carbocycles. The molecule has 2 nitrogen and oxygen atoms in total. The highest BCUT2D eigenvalue weighted by atomic mass is 32.1. The summed E-state index contributed by atoms with van der Waals surface area (Å²) < 4.78 is 2.14. The lowest BCUT2D eigenvalue weighted by molar-refractivity contribution is 1.12. The van der Waals surface area contributed by atoms with Gasteiger partial charge < -0.3 is 4.40 Å². The second-order valence-electron chi connectivity index (χ2n) is 5.60. The Morgan fingerprint density at radius 3 is 2.68 bits per heavy atom. The van der Waals surface area contributed by atoms with Crippen molar-refractivity contribution in [1.82, 2.24) is 4.40 Å². The second kappa shape index (κ2) is 4.72. The van der Waals surface area contributed by atoms with Crippen molar-refractivity contribution in [3.8, 4) is 16.5 Å². The van der Waals surface area contributed by atoms with Crippen LogP contribution in [0.3, 0.4) is 0 Å². The number of rotatable bonds is 1. The number of nitriles is 1. The minimum atomic E-state index is 0.740. The standard InChI is InChI=1S/C19H14N2S/c1-12-5-6-15-16(8-12)17(18-4-3-7-22-18)11-21-13(2)9-14(10-20)19(15)21/h3-9,11H,1-2H3. The third-order valence-corrected chi connectivity index (χ3v) is 5.02. The van der Waals surface area contributed by atoms with Crippen molar-refractivity contribution >= 4 is 27.6 Å². The average Bonchev–Trinajstić information content (AvgIpc) is 3.14. The highest BCUT2D eigenvalue weighted by molar-refractivity contribution is 7.13. The maximum Gasteiger partial charge on any atom is 0.101 e.